The van der Waals surface area contributed by atoms with Crippen LogP contribution in [0.5, 0.6) is 0 Å². The summed E-state index contributed by atoms with van der Waals surface area (Å²) >= 11 is 0. The van der Waals surface area contributed by atoms with E-state index in [0.717, 1.165) is 5.39 Å². The number of aryl methyl sites for hydroxylation is 1. The first-order chi connectivity index (χ1) is 11.6. The average Bonchev–Trinajstić information content (AvgIpc) is 2.58. The van der Waals surface area contributed by atoms with Gasteiger partial charge in [-0.15, -0.1) is 0 Å². The van der Waals surface area contributed by atoms with Gasteiger partial charge in [0, 0.05) is 11.1 Å². The number of nitrogens with zero attached hydrogens (tertiary/aromatic N) is 2. The molecule has 0 unspecified atom stereocenters. The molecule has 0 aliphatic heterocycles. The van der Waals surface area contributed by atoms with E-state index in [-0.39, 0.29) is 18.2 Å². The van der Waals surface area contributed by atoms with Crippen LogP contribution >= 0.6 is 0 Å². The minimum Gasteiger partial charge on any atom is -0.460 e. The van der Waals surface area contributed by atoms with Crippen molar-refractivity contribution in [3.8, 4) is 0 Å². The number of carbonyl (C=O) groups excluding carboxylic acids is 1. The standard InChI is InChI=1S/C18H16FN3O2/c1-3-24-18(23)17-21-15-7-5-4-6-13(15)16(22-17)20-12-9-8-11(2)14(19)10-12/h4-10H,3H2,1-2H3,(H,20,21,22). The Labute approximate surface area is 138 Å². The van der Waals surface area contributed by atoms with Crippen molar-refractivity contribution in [2.75, 3.05) is 11.9 Å². The molecule has 0 aliphatic rings. The van der Waals surface area contributed by atoms with Crippen LogP contribution in [-0.2, 0) is 4.74 Å². The summed E-state index contributed by atoms with van der Waals surface area (Å²) < 4.78 is 18.7. The van der Waals surface area contributed by atoms with E-state index in [0.29, 0.717) is 22.6 Å². The molecular formula is C18H16FN3O2. The van der Waals surface area contributed by atoms with Crippen molar-refractivity contribution < 1.29 is 13.9 Å². The smallest absolute Gasteiger partial charge is 0.376 e. The summed E-state index contributed by atoms with van der Waals surface area (Å²) in [6.07, 6.45) is 0. The van der Waals surface area contributed by atoms with Gasteiger partial charge >= 0.3 is 5.97 Å². The number of hydrogen-bond acceptors (Lipinski definition) is 5. The molecule has 0 atom stereocenters. The van der Waals surface area contributed by atoms with Crippen LogP contribution in [0.25, 0.3) is 10.9 Å². The number of nitrogens with one attached hydrogen (secondary N) is 1. The van der Waals surface area contributed by atoms with Crippen LogP contribution in [0.2, 0.25) is 0 Å². The molecule has 1 N–H and O–H groups in total. The Morgan fingerprint density at radius 3 is 2.75 bits per heavy atom. The Morgan fingerprint density at radius 2 is 2.00 bits per heavy atom. The number of hydrogen-bond donors (Lipinski definition) is 1. The Bertz CT molecular complexity index is 912. The average molecular weight is 325 g/mol. The lowest BCUT2D eigenvalue weighted by Crippen LogP contribution is -2.11. The van der Waals surface area contributed by atoms with Crippen molar-refractivity contribution in [2.24, 2.45) is 0 Å². The van der Waals surface area contributed by atoms with Gasteiger partial charge in [-0.05, 0) is 43.7 Å². The Hall–Kier alpha value is -3.02. The highest BCUT2D eigenvalue weighted by Crippen LogP contribution is 2.25. The number of benzene rings is 2. The summed E-state index contributed by atoms with van der Waals surface area (Å²) in [4.78, 5) is 20.4. The number of para-hydroxylation sites is 1. The van der Waals surface area contributed by atoms with Gasteiger partial charge in [0.1, 0.15) is 11.6 Å². The van der Waals surface area contributed by atoms with Crippen molar-refractivity contribution in [2.45, 2.75) is 13.8 Å². The van der Waals surface area contributed by atoms with Gasteiger partial charge in [-0.2, -0.15) is 0 Å². The van der Waals surface area contributed by atoms with Gasteiger partial charge in [-0.25, -0.2) is 19.2 Å². The van der Waals surface area contributed by atoms with Gasteiger partial charge in [0.05, 0.1) is 12.1 Å². The number of ether oxygens (including phenoxy) is 1. The molecule has 0 bridgehead atoms. The largest absolute Gasteiger partial charge is 0.460 e. The van der Waals surface area contributed by atoms with E-state index in [9.17, 15) is 9.18 Å². The molecule has 1 heterocycles. The molecule has 3 aromatic rings. The molecule has 0 fully saturated rings. The van der Waals surface area contributed by atoms with E-state index < -0.39 is 5.97 Å². The Balaban J connectivity index is 2.07. The number of carbonyl (C=O) groups is 1. The van der Waals surface area contributed by atoms with Crippen LogP contribution in [0.15, 0.2) is 42.5 Å². The van der Waals surface area contributed by atoms with Crippen LogP contribution < -0.4 is 5.32 Å². The SMILES string of the molecule is CCOC(=O)c1nc(Nc2ccc(C)c(F)c2)c2ccccc2n1. The van der Waals surface area contributed by atoms with Gasteiger partial charge in [-0.1, -0.05) is 18.2 Å². The Morgan fingerprint density at radius 1 is 1.21 bits per heavy atom. The zero-order valence-electron chi connectivity index (χ0n) is 13.3. The number of fused-ring (bicyclic) bond motifs is 1. The maximum atomic E-state index is 13.8. The lowest BCUT2D eigenvalue weighted by molar-refractivity contribution is 0.0512. The Kier molecular flexibility index (Phi) is 4.37. The first-order valence-corrected chi connectivity index (χ1v) is 7.55. The monoisotopic (exact) mass is 325 g/mol. The second kappa shape index (κ2) is 6.62. The lowest BCUT2D eigenvalue weighted by Gasteiger charge is -2.11. The summed E-state index contributed by atoms with van der Waals surface area (Å²) in [6, 6.07) is 12.1. The summed E-state index contributed by atoms with van der Waals surface area (Å²) in [5.74, 6) is -0.525. The fourth-order valence-electron chi connectivity index (χ4n) is 2.27. The first kappa shape index (κ1) is 15.9. The molecule has 24 heavy (non-hydrogen) atoms. The molecule has 3 rings (SSSR count). The minimum atomic E-state index is -0.596. The zero-order valence-corrected chi connectivity index (χ0v) is 13.3. The maximum absolute atomic E-state index is 13.8. The predicted octanol–water partition coefficient (Wildman–Crippen LogP) is 4.00. The molecule has 0 spiro atoms. The maximum Gasteiger partial charge on any atom is 0.376 e. The molecule has 0 saturated carbocycles. The van der Waals surface area contributed by atoms with E-state index in [1.807, 2.05) is 18.2 Å². The number of aromatic nitrogens is 2. The van der Waals surface area contributed by atoms with Crippen molar-refractivity contribution in [3.63, 3.8) is 0 Å². The fourth-order valence-corrected chi connectivity index (χ4v) is 2.27. The second-order valence-electron chi connectivity index (χ2n) is 5.22. The number of halogens is 1. The van der Waals surface area contributed by atoms with Gasteiger partial charge in [0.2, 0.25) is 5.82 Å². The summed E-state index contributed by atoms with van der Waals surface area (Å²) in [5.41, 5.74) is 1.70. The van der Waals surface area contributed by atoms with E-state index in [2.05, 4.69) is 15.3 Å². The first-order valence-electron chi connectivity index (χ1n) is 7.55. The van der Waals surface area contributed by atoms with Gasteiger partial charge in [-0.3, -0.25) is 0 Å². The third-order valence-electron chi connectivity index (χ3n) is 3.50. The summed E-state index contributed by atoms with van der Waals surface area (Å²) in [6.45, 7) is 3.65. The predicted molar refractivity (Wildman–Crippen MR) is 89.9 cm³/mol. The third kappa shape index (κ3) is 3.17. The van der Waals surface area contributed by atoms with Crippen LogP contribution in [0.4, 0.5) is 15.9 Å². The molecule has 1 aromatic heterocycles. The number of rotatable bonds is 4. The highest BCUT2D eigenvalue weighted by molar-refractivity contribution is 5.95. The van der Waals surface area contributed by atoms with Gasteiger partial charge in [0.15, 0.2) is 0 Å². The third-order valence-corrected chi connectivity index (χ3v) is 3.50. The van der Waals surface area contributed by atoms with E-state index >= 15 is 0 Å². The molecule has 0 amide bonds. The molecule has 122 valence electrons. The van der Waals surface area contributed by atoms with Crippen molar-refractivity contribution in [3.05, 3.63) is 59.7 Å². The molecule has 2 aromatic carbocycles. The van der Waals surface area contributed by atoms with Crippen LogP contribution in [0, 0.1) is 12.7 Å². The summed E-state index contributed by atoms with van der Waals surface area (Å²) in [7, 11) is 0. The molecule has 6 heteroatoms. The topological polar surface area (TPSA) is 64.1 Å². The van der Waals surface area contributed by atoms with Crippen molar-refractivity contribution in [1.29, 1.82) is 0 Å². The molecule has 5 nitrogen and oxygen atoms in total. The van der Waals surface area contributed by atoms with Crippen LogP contribution in [0.1, 0.15) is 23.1 Å². The molecule has 0 saturated heterocycles. The van der Waals surface area contributed by atoms with E-state index in [4.69, 9.17) is 4.74 Å². The summed E-state index contributed by atoms with van der Waals surface area (Å²) in [5, 5.41) is 3.78. The van der Waals surface area contributed by atoms with Crippen molar-refractivity contribution >= 4 is 28.4 Å². The van der Waals surface area contributed by atoms with Crippen LogP contribution in [-0.4, -0.2) is 22.5 Å². The van der Waals surface area contributed by atoms with Gasteiger partial charge < -0.3 is 10.1 Å². The minimum absolute atomic E-state index is 0.0365. The lowest BCUT2D eigenvalue weighted by atomic mass is 10.2. The quantitative estimate of drug-likeness (QED) is 0.735. The highest BCUT2D eigenvalue weighted by Gasteiger charge is 2.15. The molecule has 0 aliphatic carbocycles. The van der Waals surface area contributed by atoms with Crippen LogP contribution in [0.3, 0.4) is 0 Å². The van der Waals surface area contributed by atoms with E-state index in [1.165, 1.54) is 6.07 Å². The second-order valence-corrected chi connectivity index (χ2v) is 5.22. The van der Waals surface area contributed by atoms with Gasteiger partial charge in [0.25, 0.3) is 0 Å². The molecule has 0 radical (unpaired) electrons. The zero-order chi connectivity index (χ0) is 17.1. The number of esters is 1. The molecular weight excluding hydrogens is 309 g/mol. The highest BCUT2D eigenvalue weighted by atomic mass is 19.1. The van der Waals surface area contributed by atoms with Crippen molar-refractivity contribution in [1.82, 2.24) is 9.97 Å². The van der Waals surface area contributed by atoms with E-state index in [1.54, 1.807) is 32.0 Å². The number of anilines is 2. The fraction of sp³-hybridized carbons (Fsp3) is 0.167. The normalized spacial score (nSPS) is 10.6.